The third-order valence-electron chi connectivity index (χ3n) is 3.97. The molecule has 4 atom stereocenters. The molecule has 1 saturated heterocycles. The van der Waals surface area contributed by atoms with Crippen molar-refractivity contribution >= 4 is 11.9 Å². The maximum absolute atomic E-state index is 12.3. The Hall–Kier alpha value is -2.74. The molecular formula is C19H18O7. The van der Waals surface area contributed by atoms with Crippen molar-refractivity contribution in [2.24, 2.45) is 0 Å². The molecule has 0 saturated carbocycles. The van der Waals surface area contributed by atoms with Crippen LogP contribution in [0.25, 0.3) is 0 Å². The fraction of sp³-hybridized carbons (Fsp3) is 0.263. The molecule has 3 rings (SSSR count). The second-order valence-electron chi connectivity index (χ2n) is 5.72. The Balaban J connectivity index is 1.76. The Morgan fingerprint density at radius 1 is 0.846 bits per heavy atom. The highest BCUT2D eigenvalue weighted by atomic mass is 16.7. The number of esters is 2. The quantitative estimate of drug-likeness (QED) is 0.773. The fourth-order valence-electron chi connectivity index (χ4n) is 2.65. The standard InChI is InChI=1S/C19H18O7/c20-11-14-15(25-17(21)12-7-3-1-4-8-12)16(19(23)24-14)26-18(22)13-9-5-2-6-10-13/h1-10,14-16,19-20,23H,11H2/t14-,15-,16-,19?/m1/s1. The highest BCUT2D eigenvalue weighted by molar-refractivity contribution is 5.90. The molecule has 1 aliphatic heterocycles. The van der Waals surface area contributed by atoms with Gasteiger partial charge in [-0.3, -0.25) is 0 Å². The molecule has 0 radical (unpaired) electrons. The summed E-state index contributed by atoms with van der Waals surface area (Å²) in [4.78, 5) is 24.5. The van der Waals surface area contributed by atoms with E-state index in [2.05, 4.69) is 0 Å². The first-order chi connectivity index (χ1) is 12.6. The third kappa shape index (κ3) is 3.91. The highest BCUT2D eigenvalue weighted by Gasteiger charge is 2.49. The van der Waals surface area contributed by atoms with Crippen molar-refractivity contribution in [2.75, 3.05) is 6.61 Å². The van der Waals surface area contributed by atoms with Gasteiger partial charge < -0.3 is 24.4 Å². The van der Waals surface area contributed by atoms with Gasteiger partial charge in [-0.1, -0.05) is 36.4 Å². The lowest BCUT2D eigenvalue weighted by atomic mass is 10.1. The van der Waals surface area contributed by atoms with E-state index < -0.39 is 43.1 Å². The van der Waals surface area contributed by atoms with E-state index in [1.54, 1.807) is 60.7 Å². The van der Waals surface area contributed by atoms with Crippen molar-refractivity contribution in [3.05, 3.63) is 71.8 Å². The number of hydrogen-bond donors (Lipinski definition) is 2. The lowest BCUT2D eigenvalue weighted by Crippen LogP contribution is -2.41. The summed E-state index contributed by atoms with van der Waals surface area (Å²) in [6.07, 6.45) is -4.93. The summed E-state index contributed by atoms with van der Waals surface area (Å²) in [6, 6.07) is 16.4. The molecule has 1 fully saturated rings. The largest absolute Gasteiger partial charge is 0.452 e. The van der Waals surface area contributed by atoms with E-state index >= 15 is 0 Å². The number of aliphatic hydroxyl groups is 2. The minimum absolute atomic E-state index is 0.278. The van der Waals surface area contributed by atoms with E-state index in [0.29, 0.717) is 5.56 Å². The molecule has 0 aliphatic carbocycles. The van der Waals surface area contributed by atoms with Crippen molar-refractivity contribution in [3.8, 4) is 0 Å². The average molecular weight is 358 g/mol. The monoisotopic (exact) mass is 358 g/mol. The van der Waals surface area contributed by atoms with Crippen molar-refractivity contribution in [1.29, 1.82) is 0 Å². The Morgan fingerprint density at radius 2 is 1.31 bits per heavy atom. The summed E-state index contributed by atoms with van der Waals surface area (Å²) in [5.41, 5.74) is 0.569. The SMILES string of the molecule is O=C(O[C@@H]1[C@@H](CO)OC(O)[C@@H]1OC(=O)c1ccccc1)c1ccccc1. The van der Waals surface area contributed by atoms with Gasteiger partial charge in [0.25, 0.3) is 0 Å². The summed E-state index contributed by atoms with van der Waals surface area (Å²) < 4.78 is 15.8. The zero-order valence-electron chi connectivity index (χ0n) is 13.7. The van der Waals surface area contributed by atoms with Gasteiger partial charge in [0.05, 0.1) is 17.7 Å². The number of hydrogen-bond acceptors (Lipinski definition) is 7. The van der Waals surface area contributed by atoms with Crippen LogP contribution >= 0.6 is 0 Å². The minimum atomic E-state index is -1.52. The molecule has 2 aromatic carbocycles. The smallest absolute Gasteiger partial charge is 0.338 e. The van der Waals surface area contributed by atoms with E-state index in [9.17, 15) is 19.8 Å². The van der Waals surface area contributed by atoms with Gasteiger partial charge >= 0.3 is 11.9 Å². The molecule has 0 amide bonds. The van der Waals surface area contributed by atoms with E-state index in [1.165, 1.54) is 0 Å². The van der Waals surface area contributed by atoms with Gasteiger partial charge in [0.1, 0.15) is 6.10 Å². The van der Waals surface area contributed by atoms with Gasteiger partial charge in [0.15, 0.2) is 18.5 Å². The van der Waals surface area contributed by atoms with Gasteiger partial charge in [-0.05, 0) is 24.3 Å². The molecule has 1 heterocycles. The number of carbonyl (C=O) groups excluding carboxylic acids is 2. The second-order valence-corrected chi connectivity index (χ2v) is 5.72. The lowest BCUT2D eigenvalue weighted by Gasteiger charge is -2.22. The van der Waals surface area contributed by atoms with Crippen LogP contribution in [-0.4, -0.2) is 53.4 Å². The number of carbonyl (C=O) groups is 2. The predicted octanol–water partition coefficient (Wildman–Crippen LogP) is 1.15. The predicted molar refractivity (Wildman–Crippen MR) is 89.3 cm³/mol. The fourth-order valence-corrected chi connectivity index (χ4v) is 2.65. The topological polar surface area (TPSA) is 102 Å². The Bertz CT molecular complexity index is 747. The molecule has 1 aliphatic rings. The van der Waals surface area contributed by atoms with E-state index in [-0.39, 0.29) is 5.56 Å². The molecular weight excluding hydrogens is 340 g/mol. The van der Waals surface area contributed by atoms with Crippen LogP contribution in [0.15, 0.2) is 60.7 Å². The van der Waals surface area contributed by atoms with E-state index in [0.717, 1.165) is 0 Å². The van der Waals surface area contributed by atoms with Gasteiger partial charge in [0, 0.05) is 0 Å². The van der Waals surface area contributed by atoms with Gasteiger partial charge in [-0.25, -0.2) is 9.59 Å². The number of ether oxygens (including phenoxy) is 3. The first-order valence-corrected chi connectivity index (χ1v) is 8.06. The molecule has 7 heteroatoms. The Kier molecular flexibility index (Phi) is 5.62. The second kappa shape index (κ2) is 8.09. The van der Waals surface area contributed by atoms with Crippen molar-refractivity contribution in [1.82, 2.24) is 0 Å². The van der Waals surface area contributed by atoms with Crippen molar-refractivity contribution < 1.29 is 34.0 Å². The van der Waals surface area contributed by atoms with Crippen LogP contribution in [0.1, 0.15) is 20.7 Å². The minimum Gasteiger partial charge on any atom is -0.452 e. The highest BCUT2D eigenvalue weighted by Crippen LogP contribution is 2.27. The van der Waals surface area contributed by atoms with Crippen LogP contribution in [0, 0.1) is 0 Å². The molecule has 0 spiro atoms. The number of benzene rings is 2. The van der Waals surface area contributed by atoms with E-state index in [4.69, 9.17) is 14.2 Å². The van der Waals surface area contributed by atoms with Gasteiger partial charge in [0.2, 0.25) is 0 Å². The number of rotatable bonds is 5. The summed E-state index contributed by atoms with van der Waals surface area (Å²) >= 11 is 0. The summed E-state index contributed by atoms with van der Waals surface area (Å²) in [5.74, 6) is -1.37. The normalized spacial score (nSPS) is 24.8. The summed E-state index contributed by atoms with van der Waals surface area (Å²) in [5, 5.41) is 19.5. The summed E-state index contributed by atoms with van der Waals surface area (Å²) in [6.45, 7) is -0.511. The molecule has 26 heavy (non-hydrogen) atoms. The van der Waals surface area contributed by atoms with Crippen LogP contribution < -0.4 is 0 Å². The van der Waals surface area contributed by atoms with E-state index in [1.807, 2.05) is 0 Å². The third-order valence-corrected chi connectivity index (χ3v) is 3.97. The molecule has 0 bridgehead atoms. The number of aliphatic hydroxyl groups excluding tert-OH is 2. The maximum Gasteiger partial charge on any atom is 0.338 e. The zero-order chi connectivity index (χ0) is 18.5. The molecule has 136 valence electrons. The zero-order valence-corrected chi connectivity index (χ0v) is 13.7. The van der Waals surface area contributed by atoms with Crippen LogP contribution in [0.3, 0.4) is 0 Å². The first kappa shape index (κ1) is 18.1. The first-order valence-electron chi connectivity index (χ1n) is 8.06. The Labute approximate surface area is 149 Å². The summed E-state index contributed by atoms with van der Waals surface area (Å²) in [7, 11) is 0. The van der Waals surface area contributed by atoms with Crippen LogP contribution in [0.4, 0.5) is 0 Å². The molecule has 0 aromatic heterocycles. The lowest BCUT2D eigenvalue weighted by molar-refractivity contribution is -0.135. The maximum atomic E-state index is 12.3. The molecule has 7 nitrogen and oxygen atoms in total. The average Bonchev–Trinajstić information content (AvgIpc) is 2.98. The Morgan fingerprint density at radius 3 is 1.77 bits per heavy atom. The molecule has 2 N–H and O–H groups in total. The van der Waals surface area contributed by atoms with Crippen LogP contribution in [0.2, 0.25) is 0 Å². The molecule has 2 aromatic rings. The van der Waals surface area contributed by atoms with Crippen molar-refractivity contribution in [3.63, 3.8) is 0 Å². The molecule has 1 unspecified atom stereocenters. The van der Waals surface area contributed by atoms with Crippen molar-refractivity contribution in [2.45, 2.75) is 24.6 Å². The van der Waals surface area contributed by atoms with Gasteiger partial charge in [-0.2, -0.15) is 0 Å². The van der Waals surface area contributed by atoms with Crippen LogP contribution in [-0.2, 0) is 14.2 Å². The van der Waals surface area contributed by atoms with Crippen LogP contribution in [0.5, 0.6) is 0 Å². The van der Waals surface area contributed by atoms with Gasteiger partial charge in [-0.15, -0.1) is 0 Å².